The van der Waals surface area contributed by atoms with Crippen LogP contribution in [0.1, 0.15) is 20.8 Å². The van der Waals surface area contributed by atoms with Gasteiger partial charge in [0.25, 0.3) is 5.91 Å². The number of carboxylic acids is 3. The Morgan fingerprint density at radius 3 is 2.00 bits per heavy atom. The van der Waals surface area contributed by atoms with E-state index in [1.165, 1.54) is 0 Å². The molecule has 0 saturated heterocycles. The number of nitrogens with zero attached hydrogens (tertiary/aromatic N) is 1. The molecule has 9 heteroatoms. The monoisotopic (exact) mass is 268 g/mol. The fraction of sp³-hybridized carbons (Fsp3) is 0.100. The van der Waals surface area contributed by atoms with Gasteiger partial charge < -0.3 is 20.6 Å². The number of nitrogens with one attached hydrogen (secondary N) is 1. The second-order valence-corrected chi connectivity index (χ2v) is 3.32. The Morgan fingerprint density at radius 2 is 1.63 bits per heavy atom. The summed E-state index contributed by atoms with van der Waals surface area (Å²) in [5.74, 6) is -5.74. The lowest BCUT2D eigenvalue weighted by atomic mass is 10.2. The van der Waals surface area contributed by atoms with E-state index in [1.807, 2.05) is 0 Å². The van der Waals surface area contributed by atoms with Gasteiger partial charge in [-0.05, 0) is 12.1 Å². The maximum absolute atomic E-state index is 11.5. The van der Waals surface area contributed by atoms with E-state index in [0.717, 1.165) is 18.3 Å². The third-order valence-corrected chi connectivity index (χ3v) is 2.01. The maximum Gasteiger partial charge on any atom is 0.338 e. The van der Waals surface area contributed by atoms with Gasteiger partial charge in [0, 0.05) is 6.20 Å². The molecule has 0 aliphatic rings. The number of carbonyl (C=O) groups excluding carboxylic acids is 1. The minimum atomic E-state index is -2.10. The topological polar surface area (TPSA) is 154 Å². The van der Waals surface area contributed by atoms with E-state index in [0.29, 0.717) is 0 Å². The number of pyridine rings is 1. The van der Waals surface area contributed by atoms with Gasteiger partial charge in [0.05, 0.1) is 5.56 Å². The molecule has 0 radical (unpaired) electrons. The van der Waals surface area contributed by atoms with Crippen LogP contribution >= 0.6 is 0 Å². The van der Waals surface area contributed by atoms with Crippen LogP contribution < -0.4 is 5.32 Å². The average molecular weight is 268 g/mol. The molecule has 4 N–H and O–H groups in total. The van der Waals surface area contributed by atoms with Crippen molar-refractivity contribution in [2.75, 3.05) is 0 Å². The summed E-state index contributed by atoms with van der Waals surface area (Å²) < 4.78 is 0. The Labute approximate surface area is 105 Å². The number of hydrogen-bond acceptors (Lipinski definition) is 5. The van der Waals surface area contributed by atoms with Crippen LogP contribution in [0.15, 0.2) is 18.3 Å². The van der Waals surface area contributed by atoms with Crippen LogP contribution in [0.25, 0.3) is 0 Å². The van der Waals surface area contributed by atoms with Gasteiger partial charge in [-0.15, -0.1) is 0 Å². The molecular weight excluding hydrogens is 260 g/mol. The van der Waals surface area contributed by atoms with Crippen molar-refractivity contribution in [3.05, 3.63) is 29.6 Å². The zero-order valence-corrected chi connectivity index (χ0v) is 9.23. The minimum Gasteiger partial charge on any atom is -0.479 e. The second kappa shape index (κ2) is 5.58. The molecule has 1 amide bonds. The molecule has 0 aromatic carbocycles. The number of carboxylic acid groups (broad SMARTS) is 3. The first-order valence-electron chi connectivity index (χ1n) is 4.78. The Hall–Kier alpha value is -2.97. The molecule has 1 aromatic rings. The first-order chi connectivity index (χ1) is 8.82. The van der Waals surface area contributed by atoms with Crippen molar-refractivity contribution < 1.29 is 34.5 Å². The number of rotatable bonds is 5. The molecule has 0 fully saturated rings. The normalized spacial score (nSPS) is 9.95. The Balaban J connectivity index is 2.86. The molecular formula is C10H8N2O7. The molecule has 1 aromatic heterocycles. The van der Waals surface area contributed by atoms with Crippen LogP contribution in [0.4, 0.5) is 0 Å². The van der Waals surface area contributed by atoms with E-state index in [2.05, 4.69) is 4.98 Å². The number of aromatic nitrogens is 1. The van der Waals surface area contributed by atoms with Crippen molar-refractivity contribution in [3.63, 3.8) is 0 Å². The molecule has 1 heterocycles. The number of amides is 1. The molecule has 0 aliphatic heterocycles. The highest BCUT2D eigenvalue weighted by atomic mass is 16.4. The van der Waals surface area contributed by atoms with E-state index in [-0.39, 0.29) is 11.3 Å². The molecule has 0 bridgehead atoms. The van der Waals surface area contributed by atoms with E-state index in [4.69, 9.17) is 15.3 Å². The van der Waals surface area contributed by atoms with Crippen molar-refractivity contribution in [2.45, 2.75) is 6.04 Å². The van der Waals surface area contributed by atoms with Gasteiger partial charge in [-0.1, -0.05) is 0 Å². The van der Waals surface area contributed by atoms with Crippen molar-refractivity contribution in [1.29, 1.82) is 0 Å². The first kappa shape index (κ1) is 14.1. The minimum absolute atomic E-state index is 0.162. The van der Waals surface area contributed by atoms with E-state index >= 15 is 0 Å². The fourth-order valence-electron chi connectivity index (χ4n) is 1.09. The number of aromatic carboxylic acids is 1. The summed E-state index contributed by atoms with van der Waals surface area (Å²) in [5.41, 5.74) is -0.456. The highest BCUT2D eigenvalue weighted by molar-refractivity contribution is 6.04. The summed E-state index contributed by atoms with van der Waals surface area (Å²) in [6, 6.07) is 0.0220. The first-order valence-corrected chi connectivity index (χ1v) is 4.78. The second-order valence-electron chi connectivity index (χ2n) is 3.32. The third-order valence-electron chi connectivity index (χ3n) is 2.01. The summed E-state index contributed by atoms with van der Waals surface area (Å²) in [4.78, 5) is 46.6. The van der Waals surface area contributed by atoms with Crippen LogP contribution in [0.5, 0.6) is 0 Å². The van der Waals surface area contributed by atoms with Crippen molar-refractivity contribution in [3.8, 4) is 0 Å². The highest BCUT2D eigenvalue weighted by Gasteiger charge is 2.28. The maximum atomic E-state index is 11.5. The molecule has 0 atom stereocenters. The van der Waals surface area contributed by atoms with Crippen LogP contribution in [-0.2, 0) is 9.59 Å². The summed E-state index contributed by atoms with van der Waals surface area (Å²) in [6.45, 7) is 0. The Morgan fingerprint density at radius 1 is 1.05 bits per heavy atom. The molecule has 100 valence electrons. The predicted octanol–water partition coefficient (Wildman–Crippen LogP) is -0.953. The fourth-order valence-corrected chi connectivity index (χ4v) is 1.09. The number of aliphatic carboxylic acids is 2. The summed E-state index contributed by atoms with van der Waals surface area (Å²) in [6.07, 6.45) is 0.897. The highest BCUT2D eigenvalue weighted by Crippen LogP contribution is 2.01. The standard InChI is InChI=1S/C10H8N2O7/c13-7(12-6(9(16)17)10(18)19)5-2-1-4(3-11-5)8(14)15/h1-3,6H,(H,12,13)(H,14,15)(H,16,17)(H,18,19). The van der Waals surface area contributed by atoms with Gasteiger partial charge in [-0.2, -0.15) is 0 Å². The van der Waals surface area contributed by atoms with Gasteiger partial charge in [0.1, 0.15) is 5.69 Å². The summed E-state index contributed by atoms with van der Waals surface area (Å²) >= 11 is 0. The molecule has 0 unspecified atom stereocenters. The zero-order valence-electron chi connectivity index (χ0n) is 9.23. The molecule has 9 nitrogen and oxygen atoms in total. The van der Waals surface area contributed by atoms with E-state index in [9.17, 15) is 19.2 Å². The largest absolute Gasteiger partial charge is 0.479 e. The van der Waals surface area contributed by atoms with Gasteiger partial charge in [-0.3, -0.25) is 9.78 Å². The Bertz CT molecular complexity index is 523. The number of hydrogen-bond donors (Lipinski definition) is 4. The lowest BCUT2D eigenvalue weighted by Crippen LogP contribution is -2.46. The molecule has 0 spiro atoms. The summed E-state index contributed by atoms with van der Waals surface area (Å²) in [7, 11) is 0. The zero-order chi connectivity index (χ0) is 14.6. The van der Waals surface area contributed by atoms with Crippen LogP contribution in [0.2, 0.25) is 0 Å². The van der Waals surface area contributed by atoms with Crippen molar-refractivity contribution in [1.82, 2.24) is 10.3 Å². The third kappa shape index (κ3) is 3.49. The van der Waals surface area contributed by atoms with E-state index in [1.54, 1.807) is 5.32 Å². The van der Waals surface area contributed by atoms with Gasteiger partial charge in [0.2, 0.25) is 6.04 Å². The molecule has 1 rings (SSSR count). The quantitative estimate of drug-likeness (QED) is 0.498. The van der Waals surface area contributed by atoms with Gasteiger partial charge in [-0.25, -0.2) is 14.4 Å². The predicted molar refractivity (Wildman–Crippen MR) is 57.7 cm³/mol. The van der Waals surface area contributed by atoms with Crippen molar-refractivity contribution in [2.24, 2.45) is 0 Å². The lowest BCUT2D eigenvalue weighted by Gasteiger charge is -2.09. The average Bonchev–Trinajstić information content (AvgIpc) is 2.34. The molecule has 0 aliphatic carbocycles. The SMILES string of the molecule is O=C(O)c1ccc(C(=O)NC(C(=O)O)C(=O)O)nc1. The Kier molecular flexibility index (Phi) is 4.14. The van der Waals surface area contributed by atoms with Crippen LogP contribution in [0, 0.1) is 0 Å². The van der Waals surface area contributed by atoms with E-state index < -0.39 is 29.9 Å². The molecule has 19 heavy (non-hydrogen) atoms. The van der Waals surface area contributed by atoms with Crippen LogP contribution in [-0.4, -0.2) is 50.2 Å². The van der Waals surface area contributed by atoms with Gasteiger partial charge >= 0.3 is 17.9 Å². The molecule has 0 saturated carbocycles. The smallest absolute Gasteiger partial charge is 0.338 e. The van der Waals surface area contributed by atoms with Crippen LogP contribution in [0.3, 0.4) is 0 Å². The summed E-state index contributed by atoms with van der Waals surface area (Å²) in [5, 5.41) is 27.5. The number of carbonyl (C=O) groups is 4. The van der Waals surface area contributed by atoms with Crippen molar-refractivity contribution >= 4 is 23.8 Å². The van der Waals surface area contributed by atoms with Gasteiger partial charge in [0.15, 0.2) is 0 Å². The lowest BCUT2D eigenvalue weighted by molar-refractivity contribution is -0.150.